The number of hydrogen-bond acceptors (Lipinski definition) is 6. The highest BCUT2D eigenvalue weighted by atomic mass is 32.2. The predicted octanol–water partition coefficient (Wildman–Crippen LogP) is 2.03. The molecule has 0 bridgehead atoms. The summed E-state index contributed by atoms with van der Waals surface area (Å²) in [6.07, 6.45) is 0.650. The van der Waals surface area contributed by atoms with E-state index in [-0.39, 0.29) is 11.9 Å². The van der Waals surface area contributed by atoms with Crippen LogP contribution in [0.15, 0.2) is 33.7 Å². The van der Waals surface area contributed by atoms with Gasteiger partial charge in [0.05, 0.1) is 19.0 Å². The molecule has 3 rings (SSSR count). The van der Waals surface area contributed by atoms with Gasteiger partial charge in [-0.05, 0) is 12.1 Å². The van der Waals surface area contributed by atoms with Crippen LogP contribution in [0.4, 0.5) is 4.39 Å². The first-order valence-corrected chi connectivity index (χ1v) is 7.80. The van der Waals surface area contributed by atoms with Crippen LogP contribution in [-0.4, -0.2) is 35.9 Å². The fraction of sp³-hybridized carbons (Fsp3) is 0.429. The summed E-state index contributed by atoms with van der Waals surface area (Å²) in [5, 5.41) is 7.26. The van der Waals surface area contributed by atoms with E-state index in [0.717, 1.165) is 13.2 Å². The highest BCUT2D eigenvalue weighted by Crippen LogP contribution is 2.24. The van der Waals surface area contributed by atoms with Crippen molar-refractivity contribution in [3.63, 3.8) is 0 Å². The topological polar surface area (TPSA) is 60.2 Å². The second-order valence-corrected chi connectivity index (χ2v) is 5.77. The normalized spacial score (nSPS) is 18.8. The molecule has 7 heteroatoms. The van der Waals surface area contributed by atoms with Gasteiger partial charge >= 0.3 is 0 Å². The molecule has 0 spiro atoms. The molecule has 1 aliphatic rings. The van der Waals surface area contributed by atoms with E-state index in [9.17, 15) is 4.39 Å². The van der Waals surface area contributed by atoms with Gasteiger partial charge < -0.3 is 14.6 Å². The van der Waals surface area contributed by atoms with Gasteiger partial charge in [0.25, 0.3) is 0 Å². The first kappa shape index (κ1) is 14.5. The summed E-state index contributed by atoms with van der Waals surface area (Å²) in [6.45, 7) is 2.24. The van der Waals surface area contributed by atoms with Crippen molar-refractivity contribution in [2.24, 2.45) is 0 Å². The number of nitrogens with zero attached hydrogens (tertiary/aromatic N) is 2. The highest BCUT2D eigenvalue weighted by molar-refractivity contribution is 7.98. The van der Waals surface area contributed by atoms with Gasteiger partial charge in [-0.1, -0.05) is 17.3 Å². The molecular formula is C14H16FN3O2S. The Balaban J connectivity index is 1.54. The number of ether oxygens (including phenoxy) is 1. The first-order valence-electron chi connectivity index (χ1n) is 6.81. The van der Waals surface area contributed by atoms with Crippen LogP contribution >= 0.6 is 11.8 Å². The summed E-state index contributed by atoms with van der Waals surface area (Å²) in [5.41, 5.74) is 0. The number of aromatic nitrogens is 2. The number of rotatable bonds is 5. The van der Waals surface area contributed by atoms with Gasteiger partial charge in [-0.25, -0.2) is 4.39 Å². The molecule has 0 saturated carbocycles. The Morgan fingerprint density at radius 2 is 2.29 bits per heavy atom. The van der Waals surface area contributed by atoms with Crippen LogP contribution in [0, 0.1) is 5.82 Å². The molecule has 1 aromatic carbocycles. The average Bonchev–Trinajstić information content (AvgIpc) is 2.95. The third kappa shape index (κ3) is 4.03. The van der Waals surface area contributed by atoms with Crippen LogP contribution in [0.3, 0.4) is 0 Å². The molecule has 2 heterocycles. The van der Waals surface area contributed by atoms with Crippen molar-refractivity contribution in [3.8, 4) is 0 Å². The summed E-state index contributed by atoms with van der Waals surface area (Å²) in [4.78, 5) is 4.92. The predicted molar refractivity (Wildman–Crippen MR) is 76.6 cm³/mol. The van der Waals surface area contributed by atoms with Crippen molar-refractivity contribution >= 4 is 11.8 Å². The van der Waals surface area contributed by atoms with Crippen LogP contribution in [-0.2, 0) is 16.9 Å². The lowest BCUT2D eigenvalue weighted by atomic mass is 10.2. The molecule has 1 aliphatic heterocycles. The monoisotopic (exact) mass is 309 g/mol. The zero-order valence-corrected chi connectivity index (χ0v) is 12.2. The Morgan fingerprint density at radius 1 is 1.38 bits per heavy atom. The molecule has 0 aliphatic carbocycles. The molecule has 21 heavy (non-hydrogen) atoms. The molecule has 112 valence electrons. The number of hydrogen-bond donors (Lipinski definition) is 1. The fourth-order valence-electron chi connectivity index (χ4n) is 2.10. The molecule has 5 nitrogen and oxygen atoms in total. The highest BCUT2D eigenvalue weighted by Gasteiger charge is 2.17. The van der Waals surface area contributed by atoms with E-state index < -0.39 is 0 Å². The summed E-state index contributed by atoms with van der Waals surface area (Å²) < 4.78 is 24.1. The Labute approximate surface area is 126 Å². The van der Waals surface area contributed by atoms with Crippen molar-refractivity contribution < 1.29 is 13.7 Å². The maximum Gasteiger partial charge on any atom is 0.228 e. The standard InChI is InChI=1S/C14H16FN3O2S/c15-11-3-1-2-4-12(11)21-9-13-17-14(20-18-13)7-10-8-19-6-5-16-10/h1-4,10,16H,5-9H2. The number of morpholine rings is 1. The Kier molecular flexibility index (Phi) is 4.84. The van der Waals surface area contributed by atoms with E-state index in [0.29, 0.717) is 35.4 Å². The third-order valence-corrected chi connectivity index (χ3v) is 4.17. The maximum atomic E-state index is 13.5. The van der Waals surface area contributed by atoms with E-state index in [1.165, 1.54) is 17.8 Å². The quantitative estimate of drug-likeness (QED) is 0.853. The van der Waals surface area contributed by atoms with Crippen molar-refractivity contribution in [3.05, 3.63) is 41.8 Å². The van der Waals surface area contributed by atoms with Crippen LogP contribution < -0.4 is 5.32 Å². The lowest BCUT2D eigenvalue weighted by molar-refractivity contribution is 0.0744. The lowest BCUT2D eigenvalue weighted by Crippen LogP contribution is -2.42. The number of nitrogens with one attached hydrogen (secondary N) is 1. The second kappa shape index (κ2) is 7.02. The summed E-state index contributed by atoms with van der Waals surface area (Å²) in [6, 6.07) is 6.88. The van der Waals surface area contributed by atoms with Gasteiger partial charge in [0.2, 0.25) is 5.89 Å². The largest absolute Gasteiger partial charge is 0.378 e. The van der Waals surface area contributed by atoms with Gasteiger partial charge in [0.1, 0.15) is 5.82 Å². The Bertz CT molecular complexity index is 587. The Morgan fingerprint density at radius 3 is 3.10 bits per heavy atom. The summed E-state index contributed by atoms with van der Waals surface area (Å²) in [5.74, 6) is 1.42. The minimum atomic E-state index is -0.227. The van der Waals surface area contributed by atoms with Crippen LogP contribution in [0.25, 0.3) is 0 Å². The lowest BCUT2D eigenvalue weighted by Gasteiger charge is -2.22. The van der Waals surface area contributed by atoms with Crippen molar-refractivity contribution in [2.45, 2.75) is 23.1 Å². The van der Waals surface area contributed by atoms with Gasteiger partial charge in [-0.15, -0.1) is 11.8 Å². The average molecular weight is 309 g/mol. The van der Waals surface area contributed by atoms with E-state index >= 15 is 0 Å². The summed E-state index contributed by atoms with van der Waals surface area (Å²) in [7, 11) is 0. The van der Waals surface area contributed by atoms with Crippen molar-refractivity contribution in [2.75, 3.05) is 19.8 Å². The summed E-state index contributed by atoms with van der Waals surface area (Å²) >= 11 is 1.36. The number of benzene rings is 1. The molecule has 1 saturated heterocycles. The molecule has 1 atom stereocenters. The smallest absolute Gasteiger partial charge is 0.228 e. The molecule has 2 aromatic rings. The van der Waals surface area contributed by atoms with Gasteiger partial charge in [-0.2, -0.15) is 4.98 Å². The number of halogens is 1. The zero-order valence-electron chi connectivity index (χ0n) is 11.4. The van der Waals surface area contributed by atoms with E-state index in [2.05, 4.69) is 15.5 Å². The van der Waals surface area contributed by atoms with Gasteiger partial charge in [0, 0.05) is 23.9 Å². The molecule has 1 unspecified atom stereocenters. The SMILES string of the molecule is Fc1ccccc1SCc1noc(CC2COCCN2)n1. The molecular weight excluding hydrogens is 293 g/mol. The van der Waals surface area contributed by atoms with E-state index in [1.54, 1.807) is 12.1 Å². The van der Waals surface area contributed by atoms with E-state index in [1.807, 2.05) is 6.07 Å². The molecule has 1 N–H and O–H groups in total. The minimum absolute atomic E-state index is 0.214. The second-order valence-electron chi connectivity index (χ2n) is 4.75. The van der Waals surface area contributed by atoms with Crippen molar-refractivity contribution in [1.29, 1.82) is 0 Å². The van der Waals surface area contributed by atoms with Gasteiger partial charge in [0.15, 0.2) is 5.82 Å². The molecule has 1 fully saturated rings. The third-order valence-electron chi connectivity index (χ3n) is 3.12. The molecule has 1 aromatic heterocycles. The van der Waals surface area contributed by atoms with Crippen molar-refractivity contribution in [1.82, 2.24) is 15.5 Å². The zero-order chi connectivity index (χ0) is 14.5. The fourth-order valence-corrected chi connectivity index (χ4v) is 2.88. The van der Waals surface area contributed by atoms with Crippen LogP contribution in [0.1, 0.15) is 11.7 Å². The maximum absolute atomic E-state index is 13.5. The van der Waals surface area contributed by atoms with E-state index in [4.69, 9.17) is 9.26 Å². The molecule has 0 radical (unpaired) electrons. The van der Waals surface area contributed by atoms with Crippen LogP contribution in [0.5, 0.6) is 0 Å². The minimum Gasteiger partial charge on any atom is -0.378 e. The first-order chi connectivity index (χ1) is 10.3. The molecule has 0 amide bonds. The van der Waals surface area contributed by atoms with Gasteiger partial charge in [-0.3, -0.25) is 0 Å². The van der Waals surface area contributed by atoms with Crippen LogP contribution in [0.2, 0.25) is 0 Å². The Hall–Kier alpha value is -1.44. The number of thioether (sulfide) groups is 1.